The van der Waals surface area contributed by atoms with Gasteiger partial charge in [0.1, 0.15) is 0 Å². The predicted octanol–water partition coefficient (Wildman–Crippen LogP) is 3.58. The number of aromatic nitrogens is 2. The third-order valence-electron chi connectivity index (χ3n) is 4.00. The Morgan fingerprint density at radius 2 is 2.05 bits per heavy atom. The number of nitrogens with zero attached hydrogens (tertiary/aromatic N) is 2. The molecule has 0 saturated heterocycles. The van der Waals surface area contributed by atoms with Crippen LogP contribution in [0.15, 0.2) is 12.3 Å². The summed E-state index contributed by atoms with van der Waals surface area (Å²) in [5, 5.41) is 8.31. The van der Waals surface area contributed by atoms with E-state index in [1.165, 1.54) is 0 Å². The minimum atomic E-state index is 0.272. The molecule has 0 aliphatic heterocycles. The Bertz CT molecular complexity index is 372. The first-order valence-electron chi connectivity index (χ1n) is 8.55. The van der Waals surface area contributed by atoms with Crippen LogP contribution in [0.2, 0.25) is 0 Å². The molecule has 4 nitrogen and oxygen atoms in total. The van der Waals surface area contributed by atoms with E-state index in [0.29, 0.717) is 12.1 Å². The van der Waals surface area contributed by atoms with Gasteiger partial charge in [0.25, 0.3) is 0 Å². The lowest BCUT2D eigenvalue weighted by Crippen LogP contribution is -2.43. The van der Waals surface area contributed by atoms with Gasteiger partial charge in [0.2, 0.25) is 0 Å². The van der Waals surface area contributed by atoms with Crippen LogP contribution in [0.25, 0.3) is 0 Å². The van der Waals surface area contributed by atoms with E-state index in [2.05, 4.69) is 56.9 Å². The maximum absolute atomic E-state index is 5.95. The van der Waals surface area contributed by atoms with Crippen molar-refractivity contribution in [2.24, 2.45) is 0 Å². The van der Waals surface area contributed by atoms with Gasteiger partial charge in [-0.05, 0) is 39.3 Å². The first kappa shape index (κ1) is 18.2. The Morgan fingerprint density at radius 1 is 1.29 bits per heavy atom. The summed E-state index contributed by atoms with van der Waals surface area (Å²) in [6, 6.07) is 2.95. The topological polar surface area (TPSA) is 39.1 Å². The largest absolute Gasteiger partial charge is 0.377 e. The quantitative estimate of drug-likeness (QED) is 0.678. The summed E-state index contributed by atoms with van der Waals surface area (Å²) in [6.07, 6.45) is 6.65. The van der Waals surface area contributed by atoms with Crippen LogP contribution in [-0.2, 0) is 11.2 Å². The van der Waals surface area contributed by atoms with E-state index >= 15 is 0 Å². The molecule has 21 heavy (non-hydrogen) atoms. The van der Waals surface area contributed by atoms with Gasteiger partial charge >= 0.3 is 0 Å². The van der Waals surface area contributed by atoms with E-state index in [4.69, 9.17) is 9.84 Å². The van der Waals surface area contributed by atoms with Crippen molar-refractivity contribution in [2.75, 3.05) is 13.2 Å². The molecule has 1 aromatic heterocycles. The maximum Gasteiger partial charge on any atom is 0.0731 e. The summed E-state index contributed by atoms with van der Waals surface area (Å²) in [5.74, 6) is 0. The van der Waals surface area contributed by atoms with Crippen molar-refractivity contribution in [3.05, 3.63) is 18.0 Å². The third-order valence-corrected chi connectivity index (χ3v) is 4.00. The van der Waals surface area contributed by atoms with Crippen LogP contribution in [-0.4, -0.2) is 35.1 Å². The summed E-state index contributed by atoms with van der Waals surface area (Å²) in [7, 11) is 0. The molecule has 1 N–H and O–H groups in total. The van der Waals surface area contributed by atoms with Crippen LogP contribution in [0.4, 0.5) is 0 Å². The van der Waals surface area contributed by atoms with Crippen molar-refractivity contribution >= 4 is 0 Å². The summed E-state index contributed by atoms with van der Waals surface area (Å²) < 4.78 is 8.02. The summed E-state index contributed by atoms with van der Waals surface area (Å²) in [4.78, 5) is 0. The van der Waals surface area contributed by atoms with Crippen LogP contribution >= 0.6 is 0 Å². The van der Waals surface area contributed by atoms with Gasteiger partial charge in [-0.3, -0.25) is 4.68 Å². The van der Waals surface area contributed by atoms with E-state index < -0.39 is 0 Å². The molecule has 1 rings (SSSR count). The van der Waals surface area contributed by atoms with Gasteiger partial charge in [0.05, 0.1) is 11.8 Å². The Labute approximate surface area is 130 Å². The van der Waals surface area contributed by atoms with Crippen molar-refractivity contribution in [2.45, 2.75) is 78.5 Å². The average Bonchev–Trinajstić information content (AvgIpc) is 2.94. The minimum absolute atomic E-state index is 0.272. The van der Waals surface area contributed by atoms with Crippen molar-refractivity contribution < 1.29 is 4.74 Å². The lowest BCUT2D eigenvalue weighted by Gasteiger charge is -2.27. The monoisotopic (exact) mass is 295 g/mol. The lowest BCUT2D eigenvalue weighted by atomic mass is 10.0. The van der Waals surface area contributed by atoms with E-state index in [1.54, 1.807) is 0 Å². The highest BCUT2D eigenvalue weighted by Gasteiger charge is 2.22. The number of likely N-dealkylation sites (N-methyl/N-ethyl adjacent to an activating group) is 1. The second-order valence-electron chi connectivity index (χ2n) is 5.70. The molecule has 0 radical (unpaired) electrons. The van der Waals surface area contributed by atoms with Crippen molar-refractivity contribution in [1.29, 1.82) is 0 Å². The molecule has 0 aliphatic rings. The Kier molecular flexibility index (Phi) is 8.62. The molecule has 0 fully saturated rings. The van der Waals surface area contributed by atoms with Crippen LogP contribution in [0.5, 0.6) is 0 Å². The lowest BCUT2D eigenvalue weighted by molar-refractivity contribution is 0.0283. The van der Waals surface area contributed by atoms with Gasteiger partial charge in [-0.1, -0.05) is 27.2 Å². The fraction of sp³-hybridized carbons (Fsp3) is 0.824. The van der Waals surface area contributed by atoms with Crippen molar-refractivity contribution in [3.63, 3.8) is 0 Å². The summed E-state index contributed by atoms with van der Waals surface area (Å²) in [5.41, 5.74) is 1.15. The molecule has 3 unspecified atom stereocenters. The first-order chi connectivity index (χ1) is 10.2. The molecule has 0 aromatic carbocycles. The summed E-state index contributed by atoms with van der Waals surface area (Å²) >= 11 is 0. The highest BCUT2D eigenvalue weighted by Crippen LogP contribution is 2.14. The molecule has 122 valence electrons. The van der Waals surface area contributed by atoms with Gasteiger partial charge in [-0.25, -0.2) is 0 Å². The zero-order valence-electron chi connectivity index (χ0n) is 14.4. The number of hydrogen-bond donors (Lipinski definition) is 1. The van der Waals surface area contributed by atoms with Crippen LogP contribution in [0, 0.1) is 0 Å². The number of hydrogen-bond acceptors (Lipinski definition) is 3. The molecule has 0 saturated carbocycles. The fourth-order valence-electron chi connectivity index (χ4n) is 2.64. The van der Waals surface area contributed by atoms with Crippen LogP contribution < -0.4 is 5.32 Å². The molecule has 1 heterocycles. The zero-order valence-corrected chi connectivity index (χ0v) is 14.4. The molecule has 0 bridgehead atoms. The Morgan fingerprint density at radius 3 is 2.62 bits per heavy atom. The number of nitrogens with one attached hydrogen (secondary N) is 1. The molecule has 3 atom stereocenters. The second-order valence-corrected chi connectivity index (χ2v) is 5.70. The zero-order chi connectivity index (χ0) is 15.7. The van der Waals surface area contributed by atoms with Gasteiger partial charge < -0.3 is 10.1 Å². The third kappa shape index (κ3) is 5.79. The van der Waals surface area contributed by atoms with E-state index in [0.717, 1.165) is 44.5 Å². The van der Waals surface area contributed by atoms with Gasteiger partial charge in [-0.2, -0.15) is 5.10 Å². The molecule has 0 spiro atoms. The second kappa shape index (κ2) is 9.96. The van der Waals surface area contributed by atoms with E-state index in [1.807, 2.05) is 0 Å². The van der Waals surface area contributed by atoms with Gasteiger partial charge in [0.15, 0.2) is 0 Å². The summed E-state index contributed by atoms with van der Waals surface area (Å²) in [6.45, 7) is 12.6. The first-order valence-corrected chi connectivity index (χ1v) is 8.55. The minimum Gasteiger partial charge on any atom is -0.377 e. The highest BCUT2D eigenvalue weighted by atomic mass is 16.5. The van der Waals surface area contributed by atoms with Crippen LogP contribution in [0.3, 0.4) is 0 Å². The van der Waals surface area contributed by atoms with Crippen molar-refractivity contribution in [1.82, 2.24) is 15.1 Å². The number of ether oxygens (including phenoxy) is 1. The average molecular weight is 295 g/mol. The molecule has 0 aliphatic carbocycles. The Balaban J connectivity index is 2.73. The molecular weight excluding hydrogens is 262 g/mol. The molecule has 4 heteroatoms. The number of rotatable bonds is 11. The predicted molar refractivity (Wildman–Crippen MR) is 88.7 cm³/mol. The van der Waals surface area contributed by atoms with Crippen molar-refractivity contribution in [3.8, 4) is 0 Å². The fourth-order valence-corrected chi connectivity index (χ4v) is 2.64. The maximum atomic E-state index is 5.95. The normalized spacial score (nSPS) is 15.9. The van der Waals surface area contributed by atoms with E-state index in [-0.39, 0.29) is 6.10 Å². The smallest absolute Gasteiger partial charge is 0.0731 e. The van der Waals surface area contributed by atoms with E-state index in [9.17, 15) is 0 Å². The Hall–Kier alpha value is -0.870. The van der Waals surface area contributed by atoms with Gasteiger partial charge in [-0.15, -0.1) is 0 Å². The standard InChI is InChI=1S/C17H33N3O/c1-6-10-17(21-9-4)16(18-8-3)13-15-11-12-20(19-15)14(5)7-2/h11-12,14,16-18H,6-10,13H2,1-5H3. The molecular formula is C17H33N3O. The highest BCUT2D eigenvalue weighted by molar-refractivity contribution is 5.03. The molecule has 0 amide bonds. The molecule has 1 aromatic rings. The SMILES string of the molecule is CCCC(OCC)C(Cc1ccn(C(C)CC)n1)NCC. The van der Waals surface area contributed by atoms with Crippen LogP contribution in [0.1, 0.15) is 65.6 Å². The van der Waals surface area contributed by atoms with Gasteiger partial charge in [0, 0.05) is 31.3 Å².